The lowest BCUT2D eigenvalue weighted by Crippen LogP contribution is -2.46. The molecule has 1 aliphatic heterocycles. The molecule has 0 N–H and O–H groups in total. The van der Waals surface area contributed by atoms with E-state index in [-0.39, 0.29) is 12.2 Å². The largest absolute Gasteiger partial charge is 0.471 e. The number of rotatable bonds is 2. The maximum Gasteiger partial charge on any atom is 0.410 e. The van der Waals surface area contributed by atoms with Crippen molar-refractivity contribution >= 4 is 6.09 Å². The Morgan fingerprint density at radius 1 is 1.40 bits per heavy atom. The fraction of sp³-hybridized carbons (Fsp3) is 0.643. The molecule has 1 aliphatic rings. The molecule has 6 nitrogen and oxygen atoms in total. The van der Waals surface area contributed by atoms with Crippen molar-refractivity contribution in [2.75, 3.05) is 13.1 Å². The van der Waals surface area contributed by atoms with Crippen LogP contribution in [0.3, 0.4) is 0 Å². The van der Waals surface area contributed by atoms with Crippen molar-refractivity contribution in [3.63, 3.8) is 0 Å². The molecule has 0 spiro atoms. The van der Waals surface area contributed by atoms with Gasteiger partial charge >= 0.3 is 6.09 Å². The standard InChI is InChI=1S/C14H21N3O3/c1-14(2,3)20-13(18)17-8-4-5-11(10-17)19-12-9-15-6-7-16-12/h6-7,9,11H,4-5,8,10H2,1-3H3/t11-/m0/s1. The monoisotopic (exact) mass is 279 g/mol. The van der Waals surface area contributed by atoms with E-state index in [9.17, 15) is 4.79 Å². The van der Waals surface area contributed by atoms with Crippen molar-refractivity contribution in [1.82, 2.24) is 14.9 Å². The number of amides is 1. The second-order valence-electron chi connectivity index (χ2n) is 5.85. The van der Waals surface area contributed by atoms with Gasteiger partial charge in [0.2, 0.25) is 5.88 Å². The van der Waals surface area contributed by atoms with Crippen LogP contribution in [0.2, 0.25) is 0 Å². The second-order valence-corrected chi connectivity index (χ2v) is 5.85. The van der Waals surface area contributed by atoms with Crippen LogP contribution in [-0.2, 0) is 4.74 Å². The number of carbonyl (C=O) groups excluding carboxylic acids is 1. The molecule has 0 bridgehead atoms. The SMILES string of the molecule is CC(C)(C)OC(=O)N1CCC[C@H](Oc2cnccn2)C1. The van der Waals surface area contributed by atoms with Crippen LogP contribution < -0.4 is 4.74 Å². The predicted molar refractivity (Wildman–Crippen MR) is 73.5 cm³/mol. The molecular formula is C14H21N3O3. The predicted octanol–water partition coefficient (Wildman–Crippen LogP) is 2.25. The van der Waals surface area contributed by atoms with Crippen molar-refractivity contribution in [2.45, 2.75) is 45.3 Å². The summed E-state index contributed by atoms with van der Waals surface area (Å²) >= 11 is 0. The summed E-state index contributed by atoms with van der Waals surface area (Å²) in [5.41, 5.74) is -0.476. The van der Waals surface area contributed by atoms with E-state index >= 15 is 0 Å². The summed E-state index contributed by atoms with van der Waals surface area (Å²) in [5.74, 6) is 0.489. The highest BCUT2D eigenvalue weighted by Gasteiger charge is 2.28. The first-order chi connectivity index (χ1) is 9.44. The smallest absolute Gasteiger partial charge is 0.410 e. The van der Waals surface area contributed by atoms with Crippen LogP contribution in [0.25, 0.3) is 0 Å². The van der Waals surface area contributed by atoms with E-state index in [1.165, 1.54) is 0 Å². The molecule has 110 valence electrons. The minimum Gasteiger partial charge on any atom is -0.471 e. The first-order valence-electron chi connectivity index (χ1n) is 6.84. The minimum atomic E-state index is -0.476. The van der Waals surface area contributed by atoms with E-state index in [0.717, 1.165) is 12.8 Å². The zero-order valence-corrected chi connectivity index (χ0v) is 12.2. The molecule has 1 aromatic rings. The molecule has 2 heterocycles. The van der Waals surface area contributed by atoms with Crippen LogP contribution in [-0.4, -0.2) is 45.8 Å². The van der Waals surface area contributed by atoms with Crippen molar-refractivity contribution in [3.05, 3.63) is 18.6 Å². The number of carbonyl (C=O) groups is 1. The van der Waals surface area contributed by atoms with Crippen molar-refractivity contribution in [3.8, 4) is 5.88 Å². The number of aromatic nitrogens is 2. The average Bonchev–Trinajstić information content (AvgIpc) is 2.38. The summed E-state index contributed by atoms with van der Waals surface area (Å²) < 4.78 is 11.1. The van der Waals surface area contributed by atoms with Crippen LogP contribution in [0, 0.1) is 0 Å². The Bertz CT molecular complexity index is 445. The van der Waals surface area contributed by atoms with Gasteiger partial charge in [-0.3, -0.25) is 4.98 Å². The third kappa shape index (κ3) is 4.36. The van der Waals surface area contributed by atoms with Gasteiger partial charge in [-0.25, -0.2) is 9.78 Å². The van der Waals surface area contributed by atoms with E-state index in [0.29, 0.717) is 19.0 Å². The highest BCUT2D eigenvalue weighted by Crippen LogP contribution is 2.18. The number of nitrogens with zero attached hydrogens (tertiary/aromatic N) is 3. The maximum absolute atomic E-state index is 12.0. The lowest BCUT2D eigenvalue weighted by Gasteiger charge is -2.33. The average molecular weight is 279 g/mol. The van der Waals surface area contributed by atoms with Gasteiger partial charge in [-0.1, -0.05) is 0 Å². The summed E-state index contributed by atoms with van der Waals surface area (Å²) in [6, 6.07) is 0. The molecule has 0 aromatic carbocycles. The third-order valence-electron chi connectivity index (χ3n) is 2.86. The molecule has 1 aromatic heterocycles. The Hall–Kier alpha value is -1.85. The topological polar surface area (TPSA) is 64.5 Å². The van der Waals surface area contributed by atoms with E-state index in [1.807, 2.05) is 20.8 Å². The molecule has 0 unspecified atom stereocenters. The number of hydrogen-bond acceptors (Lipinski definition) is 5. The lowest BCUT2D eigenvalue weighted by atomic mass is 10.1. The summed E-state index contributed by atoms with van der Waals surface area (Å²) in [7, 11) is 0. The number of ether oxygens (including phenoxy) is 2. The lowest BCUT2D eigenvalue weighted by molar-refractivity contribution is 0.00718. The molecule has 2 rings (SSSR count). The quantitative estimate of drug-likeness (QED) is 0.830. The molecule has 0 radical (unpaired) electrons. The van der Waals surface area contributed by atoms with Crippen molar-refractivity contribution in [2.24, 2.45) is 0 Å². The molecule has 1 saturated heterocycles. The number of piperidine rings is 1. The normalized spacial score (nSPS) is 19.6. The van der Waals surface area contributed by atoms with Crippen LogP contribution in [0.4, 0.5) is 4.79 Å². The summed E-state index contributed by atoms with van der Waals surface area (Å²) in [6.45, 7) is 6.81. The Balaban J connectivity index is 1.90. The van der Waals surface area contributed by atoms with Gasteiger partial charge < -0.3 is 14.4 Å². The van der Waals surface area contributed by atoms with Crippen LogP contribution >= 0.6 is 0 Å². The van der Waals surface area contributed by atoms with Gasteiger partial charge in [-0.2, -0.15) is 0 Å². The molecule has 0 aliphatic carbocycles. The van der Waals surface area contributed by atoms with Gasteiger partial charge in [0, 0.05) is 18.9 Å². The second kappa shape index (κ2) is 6.07. The van der Waals surface area contributed by atoms with Gasteiger partial charge in [-0.05, 0) is 33.6 Å². The van der Waals surface area contributed by atoms with E-state index in [1.54, 1.807) is 23.5 Å². The molecule has 1 fully saturated rings. The summed E-state index contributed by atoms with van der Waals surface area (Å²) in [5, 5.41) is 0. The molecular weight excluding hydrogens is 258 g/mol. The Labute approximate surface area is 119 Å². The molecule has 1 atom stereocenters. The van der Waals surface area contributed by atoms with Gasteiger partial charge in [0.25, 0.3) is 0 Å². The van der Waals surface area contributed by atoms with Crippen LogP contribution in [0.15, 0.2) is 18.6 Å². The Morgan fingerprint density at radius 3 is 2.85 bits per heavy atom. The van der Waals surface area contributed by atoms with E-state index in [2.05, 4.69) is 9.97 Å². The maximum atomic E-state index is 12.0. The third-order valence-corrected chi connectivity index (χ3v) is 2.86. The minimum absolute atomic E-state index is 0.0621. The summed E-state index contributed by atoms with van der Waals surface area (Å²) in [6.07, 6.45) is 6.20. The zero-order chi connectivity index (χ0) is 14.6. The van der Waals surface area contributed by atoms with Gasteiger partial charge in [0.05, 0.1) is 12.7 Å². The molecule has 1 amide bonds. The van der Waals surface area contributed by atoms with Crippen molar-refractivity contribution < 1.29 is 14.3 Å². The fourth-order valence-corrected chi connectivity index (χ4v) is 2.04. The summed E-state index contributed by atoms with van der Waals surface area (Å²) in [4.78, 5) is 21.8. The zero-order valence-electron chi connectivity index (χ0n) is 12.2. The van der Waals surface area contributed by atoms with E-state index < -0.39 is 5.60 Å². The van der Waals surface area contributed by atoms with Gasteiger partial charge in [-0.15, -0.1) is 0 Å². The van der Waals surface area contributed by atoms with Crippen LogP contribution in [0.5, 0.6) is 5.88 Å². The fourth-order valence-electron chi connectivity index (χ4n) is 2.04. The van der Waals surface area contributed by atoms with Gasteiger partial charge in [0.15, 0.2) is 0 Å². The first-order valence-corrected chi connectivity index (χ1v) is 6.84. The highest BCUT2D eigenvalue weighted by molar-refractivity contribution is 5.68. The van der Waals surface area contributed by atoms with E-state index in [4.69, 9.17) is 9.47 Å². The number of likely N-dealkylation sites (tertiary alicyclic amines) is 1. The highest BCUT2D eigenvalue weighted by atomic mass is 16.6. The van der Waals surface area contributed by atoms with Gasteiger partial charge in [0.1, 0.15) is 11.7 Å². The van der Waals surface area contributed by atoms with Crippen molar-refractivity contribution in [1.29, 1.82) is 0 Å². The Kier molecular flexibility index (Phi) is 4.42. The van der Waals surface area contributed by atoms with Crippen LogP contribution in [0.1, 0.15) is 33.6 Å². The molecule has 20 heavy (non-hydrogen) atoms. The first kappa shape index (κ1) is 14.6. The number of hydrogen-bond donors (Lipinski definition) is 0. The molecule has 0 saturated carbocycles. The molecule has 6 heteroatoms. The Morgan fingerprint density at radius 2 is 2.20 bits per heavy atom.